The van der Waals surface area contributed by atoms with Gasteiger partial charge in [0.2, 0.25) is 5.91 Å². The summed E-state index contributed by atoms with van der Waals surface area (Å²) >= 11 is 0. The highest BCUT2D eigenvalue weighted by Gasteiger charge is 2.06. The first-order valence-corrected chi connectivity index (χ1v) is 7.99. The second-order valence-electron chi connectivity index (χ2n) is 5.97. The van der Waals surface area contributed by atoms with Crippen molar-refractivity contribution < 1.29 is 4.79 Å². The van der Waals surface area contributed by atoms with Crippen LogP contribution in [-0.4, -0.2) is 12.1 Å². The van der Waals surface area contributed by atoms with E-state index in [4.69, 9.17) is 0 Å². The van der Waals surface area contributed by atoms with Gasteiger partial charge in [0.15, 0.2) is 0 Å². The van der Waals surface area contributed by atoms with Crippen LogP contribution >= 0.6 is 0 Å². The Kier molecular flexibility index (Phi) is 4.71. The molecule has 0 aliphatic rings. The Balaban J connectivity index is 1.68. The monoisotopic (exact) mass is 316 g/mol. The maximum Gasteiger partial charge on any atom is 0.244 e. The zero-order valence-electron chi connectivity index (χ0n) is 13.9. The number of hydrogen-bond donors (Lipinski definition) is 1. The zero-order valence-corrected chi connectivity index (χ0v) is 13.9. The largest absolute Gasteiger partial charge is 0.273 e. The van der Waals surface area contributed by atoms with E-state index in [2.05, 4.69) is 35.7 Å². The molecule has 0 saturated heterocycles. The molecule has 0 unspecified atom stereocenters. The van der Waals surface area contributed by atoms with Crippen LogP contribution in [0.1, 0.15) is 22.3 Å². The number of benzene rings is 3. The third-order valence-corrected chi connectivity index (χ3v) is 4.05. The van der Waals surface area contributed by atoms with Gasteiger partial charge in [-0.15, -0.1) is 0 Å². The lowest BCUT2D eigenvalue weighted by atomic mass is 10.0. The molecular formula is C21H20N2O. The lowest BCUT2D eigenvalue weighted by Crippen LogP contribution is -2.20. The first-order chi connectivity index (χ1) is 11.6. The van der Waals surface area contributed by atoms with Gasteiger partial charge in [-0.1, -0.05) is 66.2 Å². The van der Waals surface area contributed by atoms with E-state index in [1.807, 2.05) is 49.4 Å². The van der Waals surface area contributed by atoms with Crippen LogP contribution in [-0.2, 0) is 11.2 Å². The first-order valence-electron chi connectivity index (χ1n) is 7.99. The van der Waals surface area contributed by atoms with E-state index in [0.717, 1.165) is 27.5 Å². The van der Waals surface area contributed by atoms with Gasteiger partial charge in [-0.25, -0.2) is 5.43 Å². The predicted molar refractivity (Wildman–Crippen MR) is 99.3 cm³/mol. The number of amides is 1. The van der Waals surface area contributed by atoms with Gasteiger partial charge in [0.25, 0.3) is 0 Å². The maximum atomic E-state index is 12.2. The van der Waals surface area contributed by atoms with Crippen molar-refractivity contribution in [2.24, 2.45) is 5.10 Å². The third-order valence-electron chi connectivity index (χ3n) is 4.05. The molecule has 0 aromatic heterocycles. The fourth-order valence-corrected chi connectivity index (χ4v) is 2.80. The highest BCUT2D eigenvalue weighted by atomic mass is 16.2. The van der Waals surface area contributed by atoms with Crippen molar-refractivity contribution in [3.05, 3.63) is 82.9 Å². The van der Waals surface area contributed by atoms with Crippen molar-refractivity contribution in [1.29, 1.82) is 0 Å². The fraction of sp³-hybridized carbons (Fsp3) is 0.143. The van der Waals surface area contributed by atoms with Crippen molar-refractivity contribution in [2.45, 2.75) is 20.3 Å². The van der Waals surface area contributed by atoms with Crippen molar-refractivity contribution in [3.63, 3.8) is 0 Å². The Morgan fingerprint density at radius 3 is 2.67 bits per heavy atom. The lowest BCUT2D eigenvalue weighted by Gasteiger charge is -2.06. The Labute approximate surface area is 142 Å². The van der Waals surface area contributed by atoms with Gasteiger partial charge in [0.1, 0.15) is 0 Å². The van der Waals surface area contributed by atoms with Crippen molar-refractivity contribution >= 4 is 22.9 Å². The van der Waals surface area contributed by atoms with Crippen LogP contribution in [0, 0.1) is 13.8 Å². The summed E-state index contributed by atoms with van der Waals surface area (Å²) in [4.78, 5) is 12.2. The molecule has 0 heterocycles. The molecule has 0 spiro atoms. The minimum atomic E-state index is -0.118. The van der Waals surface area contributed by atoms with Crippen LogP contribution in [0.2, 0.25) is 0 Å². The molecule has 0 aliphatic carbocycles. The van der Waals surface area contributed by atoms with Crippen LogP contribution in [0.4, 0.5) is 0 Å². The van der Waals surface area contributed by atoms with Crippen molar-refractivity contribution in [1.82, 2.24) is 5.43 Å². The molecule has 1 N–H and O–H groups in total. The van der Waals surface area contributed by atoms with Gasteiger partial charge < -0.3 is 0 Å². The molecule has 1 amide bonds. The molecule has 120 valence electrons. The number of aryl methyl sites for hydroxylation is 2. The number of nitrogens with zero attached hydrogens (tertiary/aromatic N) is 1. The van der Waals surface area contributed by atoms with E-state index >= 15 is 0 Å². The van der Waals surface area contributed by atoms with Crippen LogP contribution in [0.25, 0.3) is 10.8 Å². The molecule has 0 fully saturated rings. The highest BCUT2D eigenvalue weighted by Crippen LogP contribution is 2.18. The second-order valence-corrected chi connectivity index (χ2v) is 5.97. The summed E-state index contributed by atoms with van der Waals surface area (Å²) in [6.45, 7) is 4.09. The van der Waals surface area contributed by atoms with Gasteiger partial charge in [0, 0.05) is 0 Å². The van der Waals surface area contributed by atoms with Gasteiger partial charge >= 0.3 is 0 Å². The SMILES string of the molecule is Cc1ccc(C=NNC(=O)Cc2cccc3ccccc23)c(C)c1. The summed E-state index contributed by atoms with van der Waals surface area (Å²) in [5.41, 5.74) is 6.98. The molecule has 3 heteroatoms. The summed E-state index contributed by atoms with van der Waals surface area (Å²) in [7, 11) is 0. The van der Waals surface area contributed by atoms with E-state index in [1.54, 1.807) is 6.21 Å². The minimum absolute atomic E-state index is 0.118. The molecule has 0 aliphatic heterocycles. The normalized spacial score (nSPS) is 11.1. The van der Waals surface area contributed by atoms with Gasteiger partial charge in [0.05, 0.1) is 12.6 Å². The van der Waals surface area contributed by atoms with Gasteiger partial charge in [-0.2, -0.15) is 5.10 Å². The highest BCUT2D eigenvalue weighted by molar-refractivity contribution is 5.90. The second kappa shape index (κ2) is 7.09. The van der Waals surface area contributed by atoms with Crippen molar-refractivity contribution in [3.8, 4) is 0 Å². The molecule has 3 aromatic carbocycles. The van der Waals surface area contributed by atoms with E-state index in [0.29, 0.717) is 6.42 Å². The number of fused-ring (bicyclic) bond motifs is 1. The molecule has 0 saturated carbocycles. The summed E-state index contributed by atoms with van der Waals surface area (Å²) in [5.74, 6) is -0.118. The number of hydrazone groups is 1. The molecule has 3 nitrogen and oxygen atoms in total. The Morgan fingerprint density at radius 1 is 1.04 bits per heavy atom. The predicted octanol–water partition coefficient (Wildman–Crippen LogP) is 4.15. The molecule has 0 radical (unpaired) electrons. The van der Waals surface area contributed by atoms with Crippen LogP contribution < -0.4 is 5.43 Å². The topological polar surface area (TPSA) is 41.5 Å². The lowest BCUT2D eigenvalue weighted by molar-refractivity contribution is -0.120. The molecule has 0 bridgehead atoms. The van der Waals surface area contributed by atoms with Gasteiger partial charge in [-0.3, -0.25) is 4.79 Å². The zero-order chi connectivity index (χ0) is 16.9. The summed E-state index contributed by atoms with van der Waals surface area (Å²) in [6.07, 6.45) is 2.00. The molecule has 3 rings (SSSR count). The Hall–Kier alpha value is -2.94. The number of nitrogens with one attached hydrogen (secondary N) is 1. The molecule has 3 aromatic rings. The number of carbonyl (C=O) groups excluding carboxylic acids is 1. The van der Waals surface area contributed by atoms with E-state index in [-0.39, 0.29) is 5.91 Å². The number of hydrogen-bond acceptors (Lipinski definition) is 2. The first kappa shape index (κ1) is 15.9. The van der Waals surface area contributed by atoms with E-state index in [1.165, 1.54) is 5.56 Å². The van der Waals surface area contributed by atoms with Crippen LogP contribution in [0.3, 0.4) is 0 Å². The Bertz CT molecular complexity index is 907. The summed E-state index contributed by atoms with van der Waals surface area (Å²) in [5, 5.41) is 6.33. The Morgan fingerprint density at radius 2 is 1.83 bits per heavy atom. The average Bonchev–Trinajstić information content (AvgIpc) is 2.57. The summed E-state index contributed by atoms with van der Waals surface area (Å²) < 4.78 is 0. The minimum Gasteiger partial charge on any atom is -0.273 e. The average molecular weight is 316 g/mol. The van der Waals surface area contributed by atoms with E-state index < -0.39 is 0 Å². The van der Waals surface area contributed by atoms with E-state index in [9.17, 15) is 4.79 Å². The number of carbonyl (C=O) groups is 1. The van der Waals surface area contributed by atoms with Crippen LogP contribution in [0.5, 0.6) is 0 Å². The standard InChI is InChI=1S/C21H20N2O/c1-15-10-11-19(16(2)12-15)14-22-23-21(24)13-18-8-5-7-17-6-3-4-9-20(17)18/h3-12,14H,13H2,1-2H3,(H,23,24). The quantitative estimate of drug-likeness (QED) is 0.570. The third kappa shape index (κ3) is 3.69. The molecule has 0 atom stereocenters. The van der Waals surface area contributed by atoms with Crippen molar-refractivity contribution in [2.75, 3.05) is 0 Å². The smallest absolute Gasteiger partial charge is 0.244 e. The summed E-state index contributed by atoms with van der Waals surface area (Å²) in [6, 6.07) is 20.2. The van der Waals surface area contributed by atoms with Crippen LogP contribution in [0.15, 0.2) is 65.8 Å². The number of rotatable bonds is 4. The fourth-order valence-electron chi connectivity index (χ4n) is 2.80. The maximum absolute atomic E-state index is 12.2. The van der Waals surface area contributed by atoms with Gasteiger partial charge in [-0.05, 0) is 41.3 Å². The molecule has 24 heavy (non-hydrogen) atoms. The molecular weight excluding hydrogens is 296 g/mol.